The van der Waals surface area contributed by atoms with Gasteiger partial charge in [0.1, 0.15) is 5.82 Å². The number of halogens is 3. The molecule has 2 aromatic carbocycles. The number of hydrogen-bond acceptors (Lipinski definition) is 3. The Morgan fingerprint density at radius 1 is 1.24 bits per heavy atom. The van der Waals surface area contributed by atoms with Crippen molar-refractivity contribution in [3.8, 4) is 0 Å². The molecular weight excluding hydrogens is 481 g/mol. The third-order valence-electron chi connectivity index (χ3n) is 4.70. The monoisotopic (exact) mass is 499 g/mol. The number of sulfonamides is 1. The van der Waals surface area contributed by atoms with Crippen molar-refractivity contribution in [2.75, 3.05) is 4.72 Å². The second kappa shape index (κ2) is 8.85. The third kappa shape index (κ3) is 4.99. The van der Waals surface area contributed by atoms with Gasteiger partial charge >= 0.3 is 0 Å². The molecule has 0 aliphatic carbocycles. The summed E-state index contributed by atoms with van der Waals surface area (Å²) in [5, 5.41) is 4.49. The van der Waals surface area contributed by atoms with Crippen molar-refractivity contribution in [1.29, 1.82) is 0 Å². The molecule has 0 saturated carbocycles. The number of nitrogens with zero attached hydrogens (tertiary/aromatic N) is 2. The molecule has 1 atom stereocenters. The van der Waals surface area contributed by atoms with E-state index in [4.69, 9.17) is 11.6 Å². The molecule has 5 nitrogen and oxygen atoms in total. The topological polar surface area (TPSA) is 64.0 Å². The van der Waals surface area contributed by atoms with Gasteiger partial charge in [0.15, 0.2) is 5.82 Å². The van der Waals surface area contributed by atoms with Crippen molar-refractivity contribution in [1.82, 2.24) is 9.78 Å². The fourth-order valence-corrected chi connectivity index (χ4v) is 4.58. The summed E-state index contributed by atoms with van der Waals surface area (Å²) in [5.74, 6) is 0.0193. The molecule has 154 valence electrons. The summed E-state index contributed by atoms with van der Waals surface area (Å²) in [6.45, 7) is 4.24. The van der Waals surface area contributed by atoms with E-state index in [0.717, 1.165) is 12.0 Å². The predicted molar refractivity (Wildman–Crippen MR) is 116 cm³/mol. The minimum atomic E-state index is -3.82. The molecule has 0 aliphatic rings. The summed E-state index contributed by atoms with van der Waals surface area (Å²) in [6.07, 6.45) is 2.54. The van der Waals surface area contributed by atoms with Crippen LogP contribution in [0.25, 0.3) is 0 Å². The number of hydrogen-bond donors (Lipinski definition) is 1. The van der Waals surface area contributed by atoms with E-state index >= 15 is 0 Å². The quantitative estimate of drug-likeness (QED) is 0.446. The largest absolute Gasteiger partial charge is 0.265 e. The minimum absolute atomic E-state index is 0.0649. The molecule has 1 unspecified atom stereocenters. The molecule has 0 saturated heterocycles. The lowest BCUT2D eigenvalue weighted by Gasteiger charge is -2.11. The fraction of sp³-hybridized carbons (Fsp3) is 0.250. The van der Waals surface area contributed by atoms with Crippen LogP contribution in [0.4, 0.5) is 10.2 Å². The van der Waals surface area contributed by atoms with Crippen molar-refractivity contribution < 1.29 is 12.8 Å². The first kappa shape index (κ1) is 21.8. The summed E-state index contributed by atoms with van der Waals surface area (Å²) >= 11 is 9.35. The maximum absolute atomic E-state index is 14.0. The van der Waals surface area contributed by atoms with Crippen molar-refractivity contribution in [2.24, 2.45) is 0 Å². The van der Waals surface area contributed by atoms with E-state index < -0.39 is 15.8 Å². The molecule has 1 N–H and O–H groups in total. The fourth-order valence-electron chi connectivity index (χ4n) is 2.79. The predicted octanol–water partition coefficient (Wildman–Crippen LogP) is 5.80. The van der Waals surface area contributed by atoms with Crippen molar-refractivity contribution in [3.05, 3.63) is 75.1 Å². The summed E-state index contributed by atoms with van der Waals surface area (Å²) in [4.78, 5) is 0.142. The summed E-state index contributed by atoms with van der Waals surface area (Å²) in [5.41, 5.74) is 1.36. The van der Waals surface area contributed by atoms with E-state index in [2.05, 4.69) is 39.6 Å². The Balaban J connectivity index is 1.81. The molecule has 0 aliphatic heterocycles. The van der Waals surface area contributed by atoms with Crippen LogP contribution in [0.5, 0.6) is 0 Å². The molecule has 0 amide bonds. The highest BCUT2D eigenvalue weighted by Gasteiger charge is 2.19. The van der Waals surface area contributed by atoms with Gasteiger partial charge in [-0.2, -0.15) is 5.10 Å². The number of benzene rings is 2. The first-order valence-electron chi connectivity index (χ1n) is 9.00. The molecular formula is C20H20BrClFN3O2S. The van der Waals surface area contributed by atoms with E-state index in [9.17, 15) is 12.8 Å². The van der Waals surface area contributed by atoms with E-state index in [1.165, 1.54) is 16.8 Å². The Morgan fingerprint density at radius 3 is 2.55 bits per heavy atom. The van der Waals surface area contributed by atoms with Crippen LogP contribution in [0.1, 0.15) is 37.3 Å². The SMILES string of the molecule is CCC(C)c1ccc(S(=O)(=O)Nc2nn(Cc3c(F)cccc3Cl)cc2Br)cc1. The van der Waals surface area contributed by atoms with Crippen molar-refractivity contribution in [3.63, 3.8) is 0 Å². The van der Waals surface area contributed by atoms with Gasteiger partial charge in [-0.05, 0) is 58.1 Å². The number of anilines is 1. The molecule has 0 spiro atoms. The van der Waals surface area contributed by atoms with Gasteiger partial charge in [-0.1, -0.05) is 43.6 Å². The lowest BCUT2D eigenvalue weighted by Crippen LogP contribution is -2.14. The zero-order valence-electron chi connectivity index (χ0n) is 15.9. The highest BCUT2D eigenvalue weighted by Crippen LogP contribution is 2.27. The lowest BCUT2D eigenvalue weighted by atomic mass is 9.99. The molecule has 9 heteroatoms. The van der Waals surface area contributed by atoms with Crippen LogP contribution in [0, 0.1) is 5.82 Å². The Labute approximate surface area is 183 Å². The average Bonchev–Trinajstić information content (AvgIpc) is 3.02. The van der Waals surface area contributed by atoms with Crippen molar-refractivity contribution in [2.45, 2.75) is 37.6 Å². The molecule has 3 aromatic rings. The molecule has 0 fully saturated rings. The standard InChI is InChI=1S/C20H20BrClFN3O2S/c1-3-13(2)14-7-9-15(10-8-14)29(27,28)25-20-17(21)12-26(24-20)11-16-18(22)5-4-6-19(16)23/h4-10,12-13H,3,11H2,1-2H3,(H,24,25). The second-order valence-electron chi connectivity index (χ2n) is 6.71. The highest BCUT2D eigenvalue weighted by molar-refractivity contribution is 9.10. The first-order valence-corrected chi connectivity index (χ1v) is 11.6. The van der Waals surface area contributed by atoms with E-state index in [-0.39, 0.29) is 27.8 Å². The van der Waals surface area contributed by atoms with Gasteiger partial charge < -0.3 is 0 Å². The van der Waals surface area contributed by atoms with Crippen LogP contribution in [-0.2, 0) is 16.6 Å². The van der Waals surface area contributed by atoms with Gasteiger partial charge in [-0.25, -0.2) is 12.8 Å². The maximum atomic E-state index is 14.0. The molecule has 0 radical (unpaired) electrons. The van der Waals surface area contributed by atoms with Gasteiger partial charge in [0.2, 0.25) is 0 Å². The average molecular weight is 501 g/mol. The number of aromatic nitrogens is 2. The normalized spacial score (nSPS) is 12.7. The number of rotatable bonds is 7. The van der Waals surface area contributed by atoms with Gasteiger partial charge in [-0.15, -0.1) is 0 Å². The third-order valence-corrected chi connectivity index (χ3v) is 6.99. The zero-order valence-corrected chi connectivity index (χ0v) is 19.0. The van der Waals surface area contributed by atoms with Crippen LogP contribution in [0.2, 0.25) is 5.02 Å². The molecule has 29 heavy (non-hydrogen) atoms. The zero-order chi connectivity index (χ0) is 21.2. The summed E-state index contributed by atoms with van der Waals surface area (Å²) in [7, 11) is -3.82. The lowest BCUT2D eigenvalue weighted by molar-refractivity contribution is 0.585. The van der Waals surface area contributed by atoms with Crippen LogP contribution in [0.15, 0.2) is 58.0 Å². The first-order chi connectivity index (χ1) is 13.7. The van der Waals surface area contributed by atoms with Crippen LogP contribution < -0.4 is 4.72 Å². The van der Waals surface area contributed by atoms with Gasteiger partial charge in [-0.3, -0.25) is 9.40 Å². The van der Waals surface area contributed by atoms with Gasteiger partial charge in [0, 0.05) is 16.8 Å². The molecule has 3 rings (SSSR count). The van der Waals surface area contributed by atoms with E-state index in [0.29, 0.717) is 10.4 Å². The van der Waals surface area contributed by atoms with Gasteiger partial charge in [0.25, 0.3) is 10.0 Å². The summed E-state index contributed by atoms with van der Waals surface area (Å²) in [6, 6.07) is 11.2. The maximum Gasteiger partial charge on any atom is 0.263 e. The van der Waals surface area contributed by atoms with Gasteiger partial charge in [0.05, 0.1) is 15.9 Å². The Bertz CT molecular complexity index is 1100. The van der Waals surface area contributed by atoms with Crippen molar-refractivity contribution >= 4 is 43.4 Å². The minimum Gasteiger partial charge on any atom is -0.265 e. The molecule has 0 bridgehead atoms. The molecule has 1 aromatic heterocycles. The van der Waals surface area contributed by atoms with E-state index in [1.54, 1.807) is 24.4 Å². The Kier molecular flexibility index (Phi) is 6.65. The van der Waals surface area contributed by atoms with Crippen LogP contribution in [0.3, 0.4) is 0 Å². The molecule has 1 heterocycles. The van der Waals surface area contributed by atoms with Crippen LogP contribution in [-0.4, -0.2) is 18.2 Å². The van der Waals surface area contributed by atoms with Crippen LogP contribution >= 0.6 is 27.5 Å². The highest BCUT2D eigenvalue weighted by atomic mass is 79.9. The Morgan fingerprint density at radius 2 is 1.93 bits per heavy atom. The summed E-state index contributed by atoms with van der Waals surface area (Å²) < 4.78 is 43.8. The second-order valence-corrected chi connectivity index (χ2v) is 9.65. The van der Waals surface area contributed by atoms with E-state index in [1.807, 2.05) is 12.1 Å². The number of nitrogens with one attached hydrogen (secondary N) is 1. The Hall–Kier alpha value is -1.90. The smallest absolute Gasteiger partial charge is 0.263 e.